The predicted molar refractivity (Wildman–Crippen MR) is 110 cm³/mol. The first-order valence-electron chi connectivity index (χ1n) is 9.85. The van der Waals surface area contributed by atoms with Gasteiger partial charge in [-0.3, -0.25) is 14.7 Å². The van der Waals surface area contributed by atoms with Gasteiger partial charge in [-0.25, -0.2) is 0 Å². The fourth-order valence-corrected chi connectivity index (χ4v) is 3.93. The summed E-state index contributed by atoms with van der Waals surface area (Å²) in [4.78, 5) is 20.2. The number of piperidine rings is 1. The molecule has 0 amide bonds. The van der Waals surface area contributed by atoms with E-state index in [0.717, 1.165) is 53.3 Å². The molecule has 0 N–H and O–H groups in total. The van der Waals surface area contributed by atoms with Gasteiger partial charge in [-0.2, -0.15) is 0 Å². The zero-order valence-electron chi connectivity index (χ0n) is 16.2. The Hall–Kier alpha value is -2.46. The molecule has 0 atom stereocenters. The second-order valence-electron chi connectivity index (χ2n) is 7.90. The van der Waals surface area contributed by atoms with Crippen molar-refractivity contribution >= 4 is 10.9 Å². The lowest BCUT2D eigenvalue weighted by Crippen LogP contribution is -2.35. The Kier molecular flexibility index (Phi) is 5.08. The number of benzene rings is 1. The lowest BCUT2D eigenvalue weighted by molar-refractivity contribution is 0.184. The second kappa shape index (κ2) is 7.65. The molecular weight excluding hydrogens is 334 g/mol. The first kappa shape index (κ1) is 17.9. The minimum atomic E-state index is 0.109. The number of hydrogen-bond donors (Lipinski definition) is 0. The van der Waals surface area contributed by atoms with Gasteiger partial charge < -0.3 is 4.57 Å². The molecule has 0 saturated carbocycles. The quantitative estimate of drug-likeness (QED) is 0.705. The summed E-state index contributed by atoms with van der Waals surface area (Å²) in [5.74, 6) is 0.793. The maximum atomic E-state index is 13.3. The van der Waals surface area contributed by atoms with Crippen LogP contribution in [0.4, 0.5) is 0 Å². The van der Waals surface area contributed by atoms with E-state index in [0.29, 0.717) is 6.54 Å². The second-order valence-corrected chi connectivity index (χ2v) is 7.90. The molecule has 4 rings (SSSR count). The SMILES string of the molecule is Cc1ccc2cc(CN3CCC(C)CC3)c(=O)n(Cc3ccccn3)c2c1. The van der Waals surface area contributed by atoms with Crippen molar-refractivity contribution in [3.63, 3.8) is 0 Å². The van der Waals surface area contributed by atoms with E-state index in [9.17, 15) is 4.79 Å². The van der Waals surface area contributed by atoms with E-state index in [4.69, 9.17) is 0 Å². The van der Waals surface area contributed by atoms with Crippen molar-refractivity contribution < 1.29 is 0 Å². The minimum absolute atomic E-state index is 0.109. The first-order valence-corrected chi connectivity index (χ1v) is 9.85. The molecule has 2 aromatic heterocycles. The molecule has 3 aromatic rings. The van der Waals surface area contributed by atoms with Crippen molar-refractivity contribution in [3.05, 3.63) is 75.8 Å². The highest BCUT2D eigenvalue weighted by molar-refractivity contribution is 5.80. The monoisotopic (exact) mass is 361 g/mol. The fraction of sp³-hybridized carbons (Fsp3) is 0.391. The summed E-state index contributed by atoms with van der Waals surface area (Å²) in [6, 6.07) is 14.3. The molecule has 140 valence electrons. The van der Waals surface area contributed by atoms with E-state index >= 15 is 0 Å². The Labute approximate surface area is 160 Å². The molecule has 1 aromatic carbocycles. The van der Waals surface area contributed by atoms with Gasteiger partial charge in [0.25, 0.3) is 5.56 Å². The highest BCUT2D eigenvalue weighted by Crippen LogP contribution is 2.20. The maximum absolute atomic E-state index is 13.3. The van der Waals surface area contributed by atoms with E-state index in [1.54, 1.807) is 6.20 Å². The van der Waals surface area contributed by atoms with Crippen LogP contribution in [0.15, 0.2) is 53.5 Å². The Bertz CT molecular complexity index is 986. The van der Waals surface area contributed by atoms with E-state index in [2.05, 4.69) is 48.0 Å². The molecule has 27 heavy (non-hydrogen) atoms. The van der Waals surface area contributed by atoms with Gasteiger partial charge in [0.05, 0.1) is 17.8 Å². The Balaban J connectivity index is 1.75. The predicted octanol–water partition coefficient (Wildman–Crippen LogP) is 3.99. The number of aryl methyl sites for hydroxylation is 1. The van der Waals surface area contributed by atoms with Crippen LogP contribution in [0.1, 0.15) is 36.6 Å². The van der Waals surface area contributed by atoms with Crippen LogP contribution >= 0.6 is 0 Å². The third-order valence-corrected chi connectivity index (χ3v) is 5.64. The number of fused-ring (bicyclic) bond motifs is 1. The number of rotatable bonds is 4. The lowest BCUT2D eigenvalue weighted by atomic mass is 9.99. The molecule has 1 aliphatic heterocycles. The van der Waals surface area contributed by atoms with Gasteiger partial charge in [0.15, 0.2) is 0 Å². The summed E-state index contributed by atoms with van der Waals surface area (Å²) in [5.41, 5.74) is 4.05. The third kappa shape index (κ3) is 3.96. The summed E-state index contributed by atoms with van der Waals surface area (Å²) < 4.78 is 1.90. The van der Waals surface area contributed by atoms with Crippen LogP contribution in [0, 0.1) is 12.8 Å². The molecule has 4 heteroatoms. The lowest BCUT2D eigenvalue weighted by Gasteiger charge is -2.30. The van der Waals surface area contributed by atoms with E-state index in [1.807, 2.05) is 22.8 Å². The molecule has 1 fully saturated rings. The number of likely N-dealkylation sites (tertiary alicyclic amines) is 1. The normalized spacial score (nSPS) is 16.1. The molecule has 1 aliphatic rings. The summed E-state index contributed by atoms with van der Waals surface area (Å²) in [7, 11) is 0. The van der Waals surface area contributed by atoms with E-state index in [-0.39, 0.29) is 5.56 Å². The van der Waals surface area contributed by atoms with E-state index < -0.39 is 0 Å². The van der Waals surface area contributed by atoms with Crippen molar-refractivity contribution in [1.29, 1.82) is 0 Å². The van der Waals surface area contributed by atoms with Gasteiger partial charge in [0.1, 0.15) is 0 Å². The Morgan fingerprint density at radius 2 is 1.89 bits per heavy atom. The molecule has 0 radical (unpaired) electrons. The average molecular weight is 361 g/mol. The van der Waals surface area contributed by atoms with Crippen molar-refractivity contribution in [1.82, 2.24) is 14.5 Å². The smallest absolute Gasteiger partial charge is 0.255 e. The van der Waals surface area contributed by atoms with Crippen LogP contribution in [0.3, 0.4) is 0 Å². The molecule has 0 spiro atoms. The zero-order valence-corrected chi connectivity index (χ0v) is 16.2. The van der Waals surface area contributed by atoms with Gasteiger partial charge in [0.2, 0.25) is 0 Å². The number of nitrogens with zero attached hydrogens (tertiary/aromatic N) is 3. The third-order valence-electron chi connectivity index (χ3n) is 5.64. The number of hydrogen-bond acceptors (Lipinski definition) is 3. The molecule has 0 unspecified atom stereocenters. The van der Waals surface area contributed by atoms with Gasteiger partial charge in [-0.1, -0.05) is 25.1 Å². The molecular formula is C23H27N3O. The summed E-state index contributed by atoms with van der Waals surface area (Å²) in [5, 5.41) is 1.12. The molecule has 0 bridgehead atoms. The Morgan fingerprint density at radius 3 is 2.63 bits per heavy atom. The Morgan fingerprint density at radius 1 is 1.07 bits per heavy atom. The summed E-state index contributed by atoms with van der Waals surface area (Å²) >= 11 is 0. The van der Waals surface area contributed by atoms with Crippen LogP contribution in [0.2, 0.25) is 0 Å². The molecule has 4 nitrogen and oxygen atoms in total. The van der Waals surface area contributed by atoms with Crippen LogP contribution in [-0.2, 0) is 13.1 Å². The molecule has 0 aliphatic carbocycles. The van der Waals surface area contributed by atoms with Gasteiger partial charge in [-0.05, 0) is 74.0 Å². The van der Waals surface area contributed by atoms with Crippen LogP contribution in [0.5, 0.6) is 0 Å². The summed E-state index contributed by atoms with van der Waals surface area (Å²) in [6.07, 6.45) is 4.22. The maximum Gasteiger partial charge on any atom is 0.255 e. The minimum Gasteiger partial charge on any atom is -0.302 e. The van der Waals surface area contributed by atoms with Gasteiger partial charge in [0, 0.05) is 18.3 Å². The average Bonchev–Trinajstić information content (AvgIpc) is 2.68. The van der Waals surface area contributed by atoms with Crippen LogP contribution in [-0.4, -0.2) is 27.5 Å². The van der Waals surface area contributed by atoms with Gasteiger partial charge in [-0.15, -0.1) is 0 Å². The fourth-order valence-electron chi connectivity index (χ4n) is 3.93. The van der Waals surface area contributed by atoms with Crippen molar-refractivity contribution in [2.75, 3.05) is 13.1 Å². The molecule has 3 heterocycles. The number of aromatic nitrogens is 2. The topological polar surface area (TPSA) is 38.1 Å². The van der Waals surface area contributed by atoms with Crippen molar-refractivity contribution in [2.45, 2.75) is 39.8 Å². The van der Waals surface area contributed by atoms with Crippen molar-refractivity contribution in [3.8, 4) is 0 Å². The van der Waals surface area contributed by atoms with Crippen molar-refractivity contribution in [2.24, 2.45) is 5.92 Å². The van der Waals surface area contributed by atoms with E-state index in [1.165, 1.54) is 12.8 Å². The van der Waals surface area contributed by atoms with Crippen LogP contribution in [0.25, 0.3) is 10.9 Å². The first-order chi connectivity index (χ1) is 13.1. The highest BCUT2D eigenvalue weighted by atomic mass is 16.1. The highest BCUT2D eigenvalue weighted by Gasteiger charge is 2.18. The largest absolute Gasteiger partial charge is 0.302 e. The zero-order chi connectivity index (χ0) is 18.8. The van der Waals surface area contributed by atoms with Crippen LogP contribution < -0.4 is 5.56 Å². The molecule has 1 saturated heterocycles. The van der Waals surface area contributed by atoms with Gasteiger partial charge >= 0.3 is 0 Å². The summed E-state index contributed by atoms with van der Waals surface area (Å²) in [6.45, 7) is 7.77. The number of pyridine rings is 2. The standard InChI is InChI=1S/C23H27N3O/c1-17-8-11-25(12-9-17)15-20-14-19-7-6-18(2)13-22(19)26(23(20)27)16-21-5-3-4-10-24-21/h3-7,10,13-14,17H,8-9,11-12,15-16H2,1-2H3.